The van der Waals surface area contributed by atoms with Crippen molar-refractivity contribution in [3.63, 3.8) is 0 Å². The Labute approximate surface area is 122 Å². The Morgan fingerprint density at radius 1 is 1.42 bits per heavy atom. The van der Waals surface area contributed by atoms with Gasteiger partial charge >= 0.3 is 0 Å². The van der Waals surface area contributed by atoms with E-state index >= 15 is 0 Å². The lowest BCUT2D eigenvalue weighted by atomic mass is 9.83. The molecule has 19 heavy (non-hydrogen) atoms. The molecule has 0 radical (unpaired) electrons. The Morgan fingerprint density at radius 2 is 2.05 bits per heavy atom. The fourth-order valence-corrected chi connectivity index (χ4v) is 2.58. The number of nitrogens with one attached hydrogen (secondary N) is 1. The molecule has 4 nitrogen and oxygen atoms in total. The highest BCUT2D eigenvalue weighted by molar-refractivity contribution is 9.10. The van der Waals surface area contributed by atoms with E-state index in [1.54, 1.807) is 6.07 Å². The Bertz CT molecular complexity index is 455. The number of halogens is 1. The van der Waals surface area contributed by atoms with E-state index in [4.69, 9.17) is 0 Å². The van der Waals surface area contributed by atoms with Crippen LogP contribution in [0, 0.1) is 15.5 Å². The maximum atomic E-state index is 11.1. The van der Waals surface area contributed by atoms with Crippen LogP contribution in [0.2, 0.25) is 0 Å². The van der Waals surface area contributed by atoms with E-state index in [9.17, 15) is 10.1 Å². The number of benzene rings is 1. The van der Waals surface area contributed by atoms with Crippen molar-refractivity contribution in [3.05, 3.63) is 38.3 Å². The Kier molecular flexibility index (Phi) is 5.50. The maximum Gasteiger partial charge on any atom is 0.273 e. The molecule has 0 saturated carbocycles. The molecule has 0 saturated heterocycles. The molecule has 0 aliphatic rings. The van der Waals surface area contributed by atoms with Gasteiger partial charge in [0.1, 0.15) is 0 Å². The van der Waals surface area contributed by atoms with Gasteiger partial charge in [0.25, 0.3) is 5.69 Å². The Morgan fingerprint density at radius 3 is 2.53 bits per heavy atom. The molecule has 1 aromatic carbocycles. The summed E-state index contributed by atoms with van der Waals surface area (Å²) < 4.78 is 0.740. The number of aryl methyl sites for hydroxylation is 1. The maximum absolute atomic E-state index is 11.1. The first-order chi connectivity index (χ1) is 8.75. The first kappa shape index (κ1) is 16.1. The van der Waals surface area contributed by atoms with E-state index in [1.165, 1.54) is 0 Å². The summed E-state index contributed by atoms with van der Waals surface area (Å²) >= 11 is 3.27. The van der Waals surface area contributed by atoms with Gasteiger partial charge in [0.2, 0.25) is 0 Å². The normalized spacial score (nSPS) is 13.3. The number of hydrogen-bond donors (Lipinski definition) is 1. The number of nitrogens with zero attached hydrogens (tertiary/aromatic N) is 1. The topological polar surface area (TPSA) is 55.2 Å². The minimum absolute atomic E-state index is 0.138. The highest BCUT2D eigenvalue weighted by atomic mass is 79.9. The summed E-state index contributed by atoms with van der Waals surface area (Å²) in [5, 5.41) is 14.3. The van der Waals surface area contributed by atoms with Crippen LogP contribution in [0.5, 0.6) is 0 Å². The van der Waals surface area contributed by atoms with E-state index in [0.29, 0.717) is 12.5 Å². The van der Waals surface area contributed by atoms with Gasteiger partial charge in [-0.3, -0.25) is 10.1 Å². The van der Waals surface area contributed by atoms with Crippen LogP contribution < -0.4 is 5.32 Å². The molecule has 1 N–H and O–H groups in total. The molecule has 1 atom stereocenters. The van der Waals surface area contributed by atoms with E-state index in [1.807, 2.05) is 19.2 Å². The van der Waals surface area contributed by atoms with E-state index in [0.717, 1.165) is 16.5 Å². The average molecular weight is 329 g/mol. The number of hydrogen-bond acceptors (Lipinski definition) is 3. The minimum Gasteiger partial charge on any atom is -0.316 e. The summed E-state index contributed by atoms with van der Waals surface area (Å²) in [6.07, 6.45) is 1.58. The van der Waals surface area contributed by atoms with Crippen molar-refractivity contribution >= 4 is 21.6 Å². The molecule has 0 spiro atoms. The number of nitro benzene ring substituents is 1. The molecule has 0 aliphatic heterocycles. The van der Waals surface area contributed by atoms with Crippen LogP contribution in [0.25, 0.3) is 0 Å². The average Bonchev–Trinajstić information content (AvgIpc) is 2.29. The second-order valence-corrected chi connectivity index (χ2v) is 6.69. The molecule has 0 fully saturated rings. The molecule has 0 heterocycles. The number of nitro groups is 1. The molecule has 1 unspecified atom stereocenters. The van der Waals surface area contributed by atoms with E-state index in [2.05, 4.69) is 42.0 Å². The van der Waals surface area contributed by atoms with E-state index < -0.39 is 0 Å². The summed E-state index contributed by atoms with van der Waals surface area (Å²) in [5.74, 6) is 0. The van der Waals surface area contributed by atoms with Gasteiger partial charge in [-0.2, -0.15) is 0 Å². The zero-order valence-electron chi connectivity index (χ0n) is 11.9. The molecular weight excluding hydrogens is 308 g/mol. The van der Waals surface area contributed by atoms with Crippen molar-refractivity contribution in [2.45, 2.75) is 39.7 Å². The first-order valence-corrected chi connectivity index (χ1v) is 7.15. The lowest BCUT2D eigenvalue weighted by Gasteiger charge is -2.30. The van der Waals surface area contributed by atoms with Gasteiger partial charge < -0.3 is 5.32 Å². The minimum atomic E-state index is -0.314. The van der Waals surface area contributed by atoms with Crippen LogP contribution in [0.15, 0.2) is 22.7 Å². The Hall–Kier alpha value is -0.940. The van der Waals surface area contributed by atoms with Gasteiger partial charge in [0, 0.05) is 22.1 Å². The molecule has 5 heteroatoms. The fourth-order valence-electron chi connectivity index (χ4n) is 2.23. The van der Waals surface area contributed by atoms with E-state index in [-0.39, 0.29) is 16.0 Å². The van der Waals surface area contributed by atoms with Gasteiger partial charge in [-0.1, -0.05) is 42.8 Å². The molecule has 0 aromatic heterocycles. The molecule has 106 valence electrons. The van der Waals surface area contributed by atoms with Gasteiger partial charge in [0.15, 0.2) is 0 Å². The van der Waals surface area contributed by atoms with Crippen molar-refractivity contribution in [2.75, 3.05) is 7.05 Å². The highest BCUT2D eigenvalue weighted by Crippen LogP contribution is 2.27. The first-order valence-electron chi connectivity index (χ1n) is 6.35. The molecule has 1 rings (SSSR count). The predicted octanol–water partition coefficient (Wildman–Crippen LogP) is 3.92. The third-order valence-electron chi connectivity index (χ3n) is 3.34. The second-order valence-electron chi connectivity index (χ2n) is 5.78. The molecule has 1 aromatic rings. The SMILES string of the molecule is CNC(CCc1ccc(Br)cc1[N+](=O)[O-])C(C)(C)C. The third kappa shape index (κ3) is 4.58. The van der Waals surface area contributed by atoms with Crippen molar-refractivity contribution in [1.82, 2.24) is 5.32 Å². The van der Waals surface area contributed by atoms with Crippen molar-refractivity contribution < 1.29 is 4.92 Å². The molecule has 0 aliphatic carbocycles. The van der Waals surface area contributed by atoms with Crippen LogP contribution in [-0.2, 0) is 6.42 Å². The van der Waals surface area contributed by atoms with Gasteiger partial charge in [-0.05, 0) is 31.4 Å². The zero-order chi connectivity index (χ0) is 14.6. The lowest BCUT2D eigenvalue weighted by Crippen LogP contribution is -2.38. The predicted molar refractivity (Wildman–Crippen MR) is 81.4 cm³/mol. The summed E-state index contributed by atoms with van der Waals surface area (Å²) in [4.78, 5) is 10.7. The van der Waals surface area contributed by atoms with Crippen LogP contribution in [0.1, 0.15) is 32.8 Å². The summed E-state index contributed by atoms with van der Waals surface area (Å²) in [5.41, 5.74) is 1.12. The summed E-state index contributed by atoms with van der Waals surface area (Å²) in [7, 11) is 1.94. The van der Waals surface area contributed by atoms with Crippen molar-refractivity contribution in [1.29, 1.82) is 0 Å². The largest absolute Gasteiger partial charge is 0.316 e. The van der Waals surface area contributed by atoms with Gasteiger partial charge in [0.05, 0.1) is 4.92 Å². The second kappa shape index (κ2) is 6.48. The van der Waals surface area contributed by atoms with Crippen LogP contribution in [0.4, 0.5) is 5.69 Å². The summed E-state index contributed by atoms with van der Waals surface area (Å²) in [6, 6.07) is 5.59. The molecule has 0 bridgehead atoms. The molecule has 0 amide bonds. The Balaban J connectivity index is 2.86. The third-order valence-corrected chi connectivity index (χ3v) is 3.83. The van der Waals surface area contributed by atoms with Crippen molar-refractivity contribution in [2.24, 2.45) is 5.41 Å². The smallest absolute Gasteiger partial charge is 0.273 e. The van der Waals surface area contributed by atoms with Crippen LogP contribution >= 0.6 is 15.9 Å². The zero-order valence-corrected chi connectivity index (χ0v) is 13.5. The number of rotatable bonds is 5. The van der Waals surface area contributed by atoms with Crippen LogP contribution in [-0.4, -0.2) is 18.0 Å². The highest BCUT2D eigenvalue weighted by Gasteiger charge is 2.24. The van der Waals surface area contributed by atoms with Gasteiger partial charge in [-0.15, -0.1) is 0 Å². The quantitative estimate of drug-likeness (QED) is 0.658. The summed E-state index contributed by atoms with van der Waals surface area (Å²) in [6.45, 7) is 6.51. The standard InChI is InChI=1S/C14H21BrN2O2/c1-14(2,3)13(16-4)8-6-10-5-7-11(15)9-12(10)17(18)19/h5,7,9,13,16H,6,8H2,1-4H3. The van der Waals surface area contributed by atoms with Gasteiger partial charge in [-0.25, -0.2) is 0 Å². The lowest BCUT2D eigenvalue weighted by molar-refractivity contribution is -0.385. The molecular formula is C14H21BrN2O2. The van der Waals surface area contributed by atoms with Crippen LogP contribution in [0.3, 0.4) is 0 Å². The monoisotopic (exact) mass is 328 g/mol. The van der Waals surface area contributed by atoms with Crippen molar-refractivity contribution in [3.8, 4) is 0 Å². The fraction of sp³-hybridized carbons (Fsp3) is 0.571.